The maximum absolute atomic E-state index is 13.9. The SMILES string of the molecule is CNC(CN1CCc2ccc(F)cc21)c1ccccc1F. The molecule has 1 aliphatic rings. The summed E-state index contributed by atoms with van der Waals surface area (Å²) in [5.41, 5.74) is 2.72. The van der Waals surface area contributed by atoms with Crippen molar-refractivity contribution in [3.8, 4) is 0 Å². The van der Waals surface area contributed by atoms with E-state index in [1.54, 1.807) is 18.2 Å². The zero-order valence-corrected chi connectivity index (χ0v) is 11.9. The van der Waals surface area contributed by atoms with E-state index in [0.29, 0.717) is 12.1 Å². The van der Waals surface area contributed by atoms with E-state index in [9.17, 15) is 8.78 Å². The monoisotopic (exact) mass is 288 g/mol. The molecule has 2 nitrogen and oxygen atoms in total. The van der Waals surface area contributed by atoms with Crippen LogP contribution in [0.15, 0.2) is 42.5 Å². The molecule has 1 unspecified atom stereocenters. The highest BCUT2D eigenvalue weighted by molar-refractivity contribution is 5.58. The van der Waals surface area contributed by atoms with Gasteiger partial charge in [0.25, 0.3) is 0 Å². The first-order chi connectivity index (χ1) is 10.2. The smallest absolute Gasteiger partial charge is 0.128 e. The third kappa shape index (κ3) is 2.76. The van der Waals surface area contributed by atoms with Crippen LogP contribution in [0.1, 0.15) is 17.2 Å². The number of rotatable bonds is 4. The number of likely N-dealkylation sites (N-methyl/N-ethyl adjacent to an activating group) is 1. The van der Waals surface area contributed by atoms with Crippen LogP contribution < -0.4 is 10.2 Å². The summed E-state index contributed by atoms with van der Waals surface area (Å²) in [6.07, 6.45) is 0.906. The first-order valence-corrected chi connectivity index (χ1v) is 7.14. The highest BCUT2D eigenvalue weighted by atomic mass is 19.1. The molecular formula is C17H18F2N2. The zero-order valence-electron chi connectivity index (χ0n) is 11.9. The van der Waals surface area contributed by atoms with Gasteiger partial charge in [-0.3, -0.25) is 0 Å². The molecule has 0 radical (unpaired) electrons. The van der Waals surface area contributed by atoms with Crippen LogP contribution in [0.25, 0.3) is 0 Å². The number of nitrogens with zero attached hydrogens (tertiary/aromatic N) is 1. The Morgan fingerprint density at radius 1 is 1.19 bits per heavy atom. The average molecular weight is 288 g/mol. The Morgan fingerprint density at radius 2 is 2.00 bits per heavy atom. The van der Waals surface area contributed by atoms with Gasteiger partial charge in [-0.2, -0.15) is 0 Å². The summed E-state index contributed by atoms with van der Waals surface area (Å²) in [7, 11) is 1.82. The Balaban J connectivity index is 1.84. The molecule has 3 rings (SSSR count). The number of halogens is 2. The van der Waals surface area contributed by atoms with Gasteiger partial charge >= 0.3 is 0 Å². The third-order valence-electron chi connectivity index (χ3n) is 4.07. The Morgan fingerprint density at radius 3 is 2.76 bits per heavy atom. The fourth-order valence-electron chi connectivity index (χ4n) is 2.93. The van der Waals surface area contributed by atoms with Crippen LogP contribution in [0, 0.1) is 11.6 Å². The van der Waals surface area contributed by atoms with Crippen LogP contribution in [0.3, 0.4) is 0 Å². The third-order valence-corrected chi connectivity index (χ3v) is 4.07. The zero-order chi connectivity index (χ0) is 14.8. The molecule has 2 aromatic carbocycles. The second kappa shape index (κ2) is 5.82. The first kappa shape index (κ1) is 14.0. The Bertz CT molecular complexity index is 642. The van der Waals surface area contributed by atoms with Crippen molar-refractivity contribution < 1.29 is 8.78 Å². The largest absolute Gasteiger partial charge is 0.369 e. The predicted octanol–water partition coefficient (Wildman–Crippen LogP) is 3.29. The van der Waals surface area contributed by atoms with Crippen LogP contribution in [0.5, 0.6) is 0 Å². The molecule has 0 spiro atoms. The van der Waals surface area contributed by atoms with E-state index in [1.807, 2.05) is 19.2 Å². The van der Waals surface area contributed by atoms with E-state index in [2.05, 4.69) is 10.2 Å². The molecule has 0 bridgehead atoms. The maximum Gasteiger partial charge on any atom is 0.128 e. The van der Waals surface area contributed by atoms with Gasteiger partial charge < -0.3 is 10.2 Å². The van der Waals surface area contributed by atoms with Gasteiger partial charge in [0, 0.05) is 24.3 Å². The molecule has 0 saturated heterocycles. The van der Waals surface area contributed by atoms with Crippen LogP contribution in [0.2, 0.25) is 0 Å². The molecule has 0 aromatic heterocycles. The minimum atomic E-state index is -0.229. The molecule has 1 heterocycles. The average Bonchev–Trinajstić information content (AvgIpc) is 2.88. The first-order valence-electron chi connectivity index (χ1n) is 7.14. The van der Waals surface area contributed by atoms with E-state index < -0.39 is 0 Å². The summed E-state index contributed by atoms with van der Waals surface area (Å²) in [5.74, 6) is -0.442. The van der Waals surface area contributed by atoms with Gasteiger partial charge in [0.15, 0.2) is 0 Å². The Labute approximate surface area is 123 Å². The lowest BCUT2D eigenvalue weighted by Gasteiger charge is -2.26. The molecule has 4 heteroatoms. The van der Waals surface area contributed by atoms with Crippen molar-refractivity contribution in [3.63, 3.8) is 0 Å². The summed E-state index contributed by atoms with van der Waals surface area (Å²) in [6.45, 7) is 1.46. The van der Waals surface area contributed by atoms with Crippen molar-refractivity contribution in [2.45, 2.75) is 12.5 Å². The van der Waals surface area contributed by atoms with Crippen LogP contribution in [0.4, 0.5) is 14.5 Å². The van der Waals surface area contributed by atoms with Gasteiger partial charge in [-0.1, -0.05) is 24.3 Å². The minimum Gasteiger partial charge on any atom is -0.369 e. The molecule has 110 valence electrons. The molecule has 2 aromatic rings. The quantitative estimate of drug-likeness (QED) is 0.928. The van der Waals surface area contributed by atoms with E-state index in [0.717, 1.165) is 24.2 Å². The number of hydrogen-bond acceptors (Lipinski definition) is 2. The van der Waals surface area contributed by atoms with Gasteiger partial charge in [-0.05, 0) is 37.2 Å². The topological polar surface area (TPSA) is 15.3 Å². The molecule has 0 saturated carbocycles. The molecule has 0 amide bonds. The Hall–Kier alpha value is -1.94. The molecule has 21 heavy (non-hydrogen) atoms. The molecule has 1 aliphatic heterocycles. The van der Waals surface area contributed by atoms with Crippen molar-refractivity contribution in [3.05, 3.63) is 65.2 Å². The summed E-state index contributed by atoms with van der Waals surface area (Å²) in [5, 5.41) is 3.16. The highest BCUT2D eigenvalue weighted by Crippen LogP contribution is 2.30. The normalized spacial score (nSPS) is 15.1. The summed E-state index contributed by atoms with van der Waals surface area (Å²) < 4.78 is 27.4. The van der Waals surface area contributed by atoms with E-state index in [4.69, 9.17) is 0 Å². The second-order valence-electron chi connectivity index (χ2n) is 5.33. The van der Waals surface area contributed by atoms with E-state index >= 15 is 0 Å². The minimum absolute atomic E-state index is 0.125. The van der Waals surface area contributed by atoms with Crippen molar-refractivity contribution in [1.29, 1.82) is 0 Å². The van der Waals surface area contributed by atoms with Gasteiger partial charge in [-0.25, -0.2) is 8.78 Å². The molecule has 1 N–H and O–H groups in total. The fourth-order valence-corrected chi connectivity index (χ4v) is 2.93. The Kier molecular flexibility index (Phi) is 3.88. The number of fused-ring (bicyclic) bond motifs is 1. The molecule has 0 fully saturated rings. The van der Waals surface area contributed by atoms with Gasteiger partial charge in [0.1, 0.15) is 11.6 Å². The van der Waals surface area contributed by atoms with Crippen molar-refractivity contribution in [1.82, 2.24) is 5.32 Å². The van der Waals surface area contributed by atoms with Crippen LogP contribution in [-0.4, -0.2) is 20.1 Å². The fraction of sp³-hybridized carbons (Fsp3) is 0.294. The van der Waals surface area contributed by atoms with Crippen LogP contribution >= 0.6 is 0 Å². The van der Waals surface area contributed by atoms with Crippen molar-refractivity contribution in [2.24, 2.45) is 0 Å². The predicted molar refractivity (Wildman–Crippen MR) is 80.5 cm³/mol. The van der Waals surface area contributed by atoms with Gasteiger partial charge in [0.2, 0.25) is 0 Å². The van der Waals surface area contributed by atoms with Crippen molar-refractivity contribution in [2.75, 3.05) is 25.0 Å². The standard InChI is InChI=1S/C17H18F2N2/c1-20-16(14-4-2-3-5-15(14)19)11-21-9-8-12-6-7-13(18)10-17(12)21/h2-7,10,16,20H,8-9,11H2,1H3. The lowest BCUT2D eigenvalue weighted by atomic mass is 10.1. The molecular weight excluding hydrogens is 270 g/mol. The maximum atomic E-state index is 13.9. The summed E-state index contributed by atoms with van der Waals surface area (Å²) in [4.78, 5) is 2.12. The summed E-state index contributed by atoms with van der Waals surface area (Å²) >= 11 is 0. The van der Waals surface area contributed by atoms with Gasteiger partial charge in [0.05, 0.1) is 6.04 Å². The molecule has 1 atom stereocenters. The second-order valence-corrected chi connectivity index (χ2v) is 5.33. The highest BCUT2D eigenvalue weighted by Gasteiger charge is 2.23. The lowest BCUT2D eigenvalue weighted by molar-refractivity contribution is 0.529. The van der Waals surface area contributed by atoms with E-state index in [1.165, 1.54) is 12.1 Å². The lowest BCUT2D eigenvalue weighted by Crippen LogP contribution is -2.33. The van der Waals surface area contributed by atoms with Gasteiger partial charge in [-0.15, -0.1) is 0 Å². The number of benzene rings is 2. The molecule has 0 aliphatic carbocycles. The number of anilines is 1. The van der Waals surface area contributed by atoms with Crippen LogP contribution in [-0.2, 0) is 6.42 Å². The van der Waals surface area contributed by atoms with Crippen molar-refractivity contribution >= 4 is 5.69 Å². The summed E-state index contributed by atoms with van der Waals surface area (Å²) in [6, 6.07) is 11.6. The number of nitrogens with one attached hydrogen (secondary N) is 1. The number of hydrogen-bond donors (Lipinski definition) is 1. The van der Waals surface area contributed by atoms with E-state index in [-0.39, 0.29) is 17.7 Å².